The number of amides is 2. The summed E-state index contributed by atoms with van der Waals surface area (Å²) in [6.07, 6.45) is 3.90. The highest BCUT2D eigenvalue weighted by atomic mass is 35.5. The first-order valence-electron chi connectivity index (χ1n) is 10.7. The molecule has 0 bridgehead atoms. The Morgan fingerprint density at radius 1 is 1.06 bits per heavy atom. The predicted molar refractivity (Wildman–Crippen MR) is 127 cm³/mol. The molecule has 1 atom stereocenters. The number of nitrogens with one attached hydrogen (secondary N) is 2. The standard InChI is InChI=1S/C24H31ClN4O2/c1-3-29(4-2)22(24(31)28-27-18-19-11-10-14-21(25)17-19)15-8-9-16-26-23(30)20-12-6-5-7-13-20/h5-7,10-14,17-18,22H,3-4,8-9,15-16H2,1-2H3,(H,26,30)(H,28,31)/b27-18+. The molecule has 31 heavy (non-hydrogen) atoms. The summed E-state index contributed by atoms with van der Waals surface area (Å²) in [5.41, 5.74) is 4.13. The van der Waals surface area contributed by atoms with Crippen LogP contribution >= 0.6 is 11.6 Å². The molecule has 0 aromatic heterocycles. The van der Waals surface area contributed by atoms with E-state index < -0.39 is 0 Å². The Hall–Kier alpha value is -2.70. The highest BCUT2D eigenvalue weighted by Gasteiger charge is 2.23. The number of benzene rings is 2. The normalized spacial score (nSPS) is 12.1. The molecule has 2 aromatic carbocycles. The maximum Gasteiger partial charge on any atom is 0.257 e. The minimum Gasteiger partial charge on any atom is -0.352 e. The van der Waals surface area contributed by atoms with Gasteiger partial charge in [-0.05, 0) is 62.2 Å². The van der Waals surface area contributed by atoms with Gasteiger partial charge in [-0.2, -0.15) is 5.10 Å². The summed E-state index contributed by atoms with van der Waals surface area (Å²) in [6.45, 7) is 6.21. The molecule has 2 aromatic rings. The van der Waals surface area contributed by atoms with Crippen molar-refractivity contribution in [3.8, 4) is 0 Å². The van der Waals surface area contributed by atoms with Gasteiger partial charge in [0.15, 0.2) is 0 Å². The lowest BCUT2D eigenvalue weighted by Crippen LogP contribution is -2.45. The highest BCUT2D eigenvalue weighted by molar-refractivity contribution is 6.30. The SMILES string of the molecule is CCN(CC)C(CCCCNC(=O)c1ccccc1)C(=O)N/N=C/c1cccc(Cl)c1. The van der Waals surface area contributed by atoms with Gasteiger partial charge in [0, 0.05) is 17.1 Å². The van der Waals surface area contributed by atoms with E-state index in [0.29, 0.717) is 23.6 Å². The van der Waals surface area contributed by atoms with Gasteiger partial charge in [-0.1, -0.05) is 55.8 Å². The van der Waals surface area contributed by atoms with Crippen LogP contribution in [0.3, 0.4) is 0 Å². The molecule has 0 aliphatic carbocycles. The summed E-state index contributed by atoms with van der Waals surface area (Å²) in [6, 6.07) is 16.2. The summed E-state index contributed by atoms with van der Waals surface area (Å²) in [7, 11) is 0. The van der Waals surface area contributed by atoms with Crippen LogP contribution in [0.5, 0.6) is 0 Å². The highest BCUT2D eigenvalue weighted by Crippen LogP contribution is 2.11. The van der Waals surface area contributed by atoms with E-state index in [0.717, 1.165) is 31.5 Å². The summed E-state index contributed by atoms with van der Waals surface area (Å²) in [5.74, 6) is -0.204. The van der Waals surface area contributed by atoms with Crippen LogP contribution in [-0.4, -0.2) is 48.6 Å². The van der Waals surface area contributed by atoms with Crippen molar-refractivity contribution in [2.24, 2.45) is 5.10 Å². The Balaban J connectivity index is 1.82. The molecule has 0 spiro atoms. The fraction of sp³-hybridized carbons (Fsp3) is 0.375. The van der Waals surface area contributed by atoms with Gasteiger partial charge < -0.3 is 5.32 Å². The molecule has 2 rings (SSSR count). The fourth-order valence-electron chi connectivity index (χ4n) is 3.33. The van der Waals surface area contributed by atoms with Gasteiger partial charge in [0.25, 0.3) is 11.8 Å². The maximum absolute atomic E-state index is 12.8. The Labute approximate surface area is 189 Å². The van der Waals surface area contributed by atoms with Crippen molar-refractivity contribution in [1.82, 2.24) is 15.6 Å². The second kappa shape index (κ2) is 13.6. The van der Waals surface area contributed by atoms with Gasteiger partial charge in [0.2, 0.25) is 0 Å². The van der Waals surface area contributed by atoms with E-state index in [1.165, 1.54) is 0 Å². The van der Waals surface area contributed by atoms with Crippen molar-refractivity contribution in [1.29, 1.82) is 0 Å². The predicted octanol–water partition coefficient (Wildman–Crippen LogP) is 4.10. The van der Waals surface area contributed by atoms with E-state index in [1.54, 1.807) is 30.5 Å². The average Bonchev–Trinajstić information content (AvgIpc) is 2.78. The fourth-order valence-corrected chi connectivity index (χ4v) is 3.53. The zero-order valence-corrected chi connectivity index (χ0v) is 18.9. The van der Waals surface area contributed by atoms with Crippen molar-refractivity contribution >= 4 is 29.6 Å². The van der Waals surface area contributed by atoms with Gasteiger partial charge in [0.1, 0.15) is 0 Å². The molecule has 7 heteroatoms. The average molecular weight is 443 g/mol. The molecule has 0 aliphatic heterocycles. The minimum absolute atomic E-state index is 0.0750. The van der Waals surface area contributed by atoms with Gasteiger partial charge in [-0.25, -0.2) is 5.43 Å². The molecule has 0 radical (unpaired) electrons. The largest absolute Gasteiger partial charge is 0.352 e. The van der Waals surface area contributed by atoms with Crippen molar-refractivity contribution in [3.05, 3.63) is 70.7 Å². The van der Waals surface area contributed by atoms with Crippen molar-refractivity contribution in [2.45, 2.75) is 39.2 Å². The maximum atomic E-state index is 12.8. The van der Waals surface area contributed by atoms with Crippen LogP contribution in [0.1, 0.15) is 49.0 Å². The van der Waals surface area contributed by atoms with Crippen LogP contribution in [0.2, 0.25) is 5.02 Å². The van der Waals surface area contributed by atoms with Gasteiger partial charge >= 0.3 is 0 Å². The second-order valence-corrected chi connectivity index (χ2v) is 7.58. The summed E-state index contributed by atoms with van der Waals surface area (Å²) in [5, 5.41) is 7.64. The van der Waals surface area contributed by atoms with E-state index in [9.17, 15) is 9.59 Å². The number of hydrogen-bond donors (Lipinski definition) is 2. The van der Waals surface area contributed by atoms with E-state index >= 15 is 0 Å². The monoisotopic (exact) mass is 442 g/mol. The van der Waals surface area contributed by atoms with Crippen molar-refractivity contribution in [3.63, 3.8) is 0 Å². The molecule has 2 amide bonds. The van der Waals surface area contributed by atoms with E-state index in [1.807, 2.05) is 44.2 Å². The summed E-state index contributed by atoms with van der Waals surface area (Å²) in [4.78, 5) is 27.0. The number of hydrazone groups is 1. The van der Waals surface area contributed by atoms with Crippen LogP contribution in [0.15, 0.2) is 59.7 Å². The second-order valence-electron chi connectivity index (χ2n) is 7.14. The number of hydrogen-bond acceptors (Lipinski definition) is 4. The zero-order valence-electron chi connectivity index (χ0n) is 18.2. The topological polar surface area (TPSA) is 73.8 Å². The Morgan fingerprint density at radius 2 is 1.81 bits per heavy atom. The van der Waals surface area contributed by atoms with Crippen LogP contribution in [0, 0.1) is 0 Å². The third kappa shape index (κ3) is 8.52. The van der Waals surface area contributed by atoms with Crippen LogP contribution in [0.25, 0.3) is 0 Å². The molecule has 6 nitrogen and oxygen atoms in total. The molecule has 0 fully saturated rings. The van der Waals surface area contributed by atoms with Crippen LogP contribution in [-0.2, 0) is 4.79 Å². The number of carbonyl (C=O) groups excluding carboxylic acids is 2. The molecular formula is C24H31ClN4O2. The lowest BCUT2D eigenvalue weighted by Gasteiger charge is -2.28. The molecule has 166 valence electrons. The van der Waals surface area contributed by atoms with Gasteiger partial charge in [-0.3, -0.25) is 14.5 Å². The number of halogens is 1. The number of nitrogens with zero attached hydrogens (tertiary/aromatic N) is 2. The Bertz CT molecular complexity index is 854. The molecule has 0 heterocycles. The van der Waals surface area contributed by atoms with E-state index in [2.05, 4.69) is 20.7 Å². The lowest BCUT2D eigenvalue weighted by atomic mass is 10.1. The smallest absolute Gasteiger partial charge is 0.257 e. The van der Waals surface area contributed by atoms with Crippen molar-refractivity contribution < 1.29 is 9.59 Å². The first-order chi connectivity index (χ1) is 15.0. The molecule has 0 saturated heterocycles. The molecular weight excluding hydrogens is 412 g/mol. The third-order valence-corrected chi connectivity index (χ3v) is 5.25. The Morgan fingerprint density at radius 3 is 2.48 bits per heavy atom. The first kappa shape index (κ1) is 24.6. The first-order valence-corrected chi connectivity index (χ1v) is 11.1. The minimum atomic E-state index is -0.267. The van der Waals surface area contributed by atoms with E-state index in [-0.39, 0.29) is 17.9 Å². The molecule has 0 saturated carbocycles. The number of rotatable bonds is 12. The summed E-state index contributed by atoms with van der Waals surface area (Å²) < 4.78 is 0. The number of carbonyl (C=O) groups is 2. The summed E-state index contributed by atoms with van der Waals surface area (Å²) >= 11 is 5.97. The molecule has 2 N–H and O–H groups in total. The third-order valence-electron chi connectivity index (χ3n) is 5.02. The molecule has 0 aliphatic rings. The van der Waals surface area contributed by atoms with E-state index in [4.69, 9.17) is 11.6 Å². The Kier molecular flexibility index (Phi) is 10.8. The lowest BCUT2D eigenvalue weighted by molar-refractivity contribution is -0.126. The molecule has 1 unspecified atom stereocenters. The number of unbranched alkanes of at least 4 members (excludes halogenated alkanes) is 1. The van der Waals surface area contributed by atoms with Crippen LogP contribution in [0.4, 0.5) is 0 Å². The van der Waals surface area contributed by atoms with Crippen LogP contribution < -0.4 is 10.7 Å². The number of likely N-dealkylation sites (N-methyl/N-ethyl adjacent to an activating group) is 1. The van der Waals surface area contributed by atoms with Gasteiger partial charge in [0.05, 0.1) is 12.3 Å². The zero-order chi connectivity index (χ0) is 22.5. The quantitative estimate of drug-likeness (QED) is 0.295. The van der Waals surface area contributed by atoms with Gasteiger partial charge in [-0.15, -0.1) is 0 Å². The van der Waals surface area contributed by atoms with Crippen molar-refractivity contribution in [2.75, 3.05) is 19.6 Å².